The average Bonchev–Trinajstić information content (AvgIpc) is 2.97. The fourth-order valence-electron chi connectivity index (χ4n) is 1.43. The van der Waals surface area contributed by atoms with Gasteiger partial charge in [0.25, 0.3) is 5.91 Å². The van der Waals surface area contributed by atoms with E-state index in [1.807, 2.05) is 6.07 Å². The first-order valence-electron chi connectivity index (χ1n) is 5.25. The average molecular weight is 209 g/mol. The number of nitrogens with zero attached hydrogens (tertiary/aromatic N) is 1. The lowest BCUT2D eigenvalue weighted by Gasteiger charge is -1.99. The van der Waals surface area contributed by atoms with Crippen LogP contribution in [0.1, 0.15) is 41.4 Å². The van der Waals surface area contributed by atoms with Crippen molar-refractivity contribution in [2.45, 2.75) is 25.2 Å². The summed E-state index contributed by atoms with van der Waals surface area (Å²) in [7, 11) is 0. The predicted octanol–water partition coefficient (Wildman–Crippen LogP) is 0.399. The van der Waals surface area contributed by atoms with Crippen LogP contribution in [0.4, 0.5) is 0 Å². The van der Waals surface area contributed by atoms with E-state index in [1.54, 1.807) is 0 Å². The number of aromatic nitrogens is 2. The molecule has 1 aromatic rings. The Morgan fingerprint density at radius 2 is 2.47 bits per heavy atom. The topological polar surface area (TPSA) is 78.0 Å². The molecule has 0 unspecified atom stereocenters. The van der Waals surface area contributed by atoms with Gasteiger partial charge in [-0.25, -0.2) is 0 Å². The summed E-state index contributed by atoms with van der Waals surface area (Å²) in [6.07, 6.45) is 2.95. The molecule has 5 heteroatoms. The standard InChI is InChI=1S/C10H15N3O2/c14-5-1-4-11-10(15)9-6-8(12-13-9)7-2-3-7/h6-7,14H,1-5H2,(H,11,15)(H,12,13). The molecule has 2 rings (SSSR count). The number of carbonyl (C=O) groups is 1. The zero-order valence-corrected chi connectivity index (χ0v) is 8.49. The molecule has 1 aliphatic rings. The van der Waals surface area contributed by atoms with Crippen molar-refractivity contribution in [3.63, 3.8) is 0 Å². The summed E-state index contributed by atoms with van der Waals surface area (Å²) in [5.74, 6) is 0.406. The molecule has 0 saturated heterocycles. The summed E-state index contributed by atoms with van der Waals surface area (Å²) in [5, 5.41) is 18.1. The van der Waals surface area contributed by atoms with Crippen molar-refractivity contribution in [3.8, 4) is 0 Å². The van der Waals surface area contributed by atoms with Gasteiger partial charge in [-0.15, -0.1) is 0 Å². The van der Waals surface area contributed by atoms with E-state index in [1.165, 1.54) is 12.8 Å². The van der Waals surface area contributed by atoms with Crippen LogP contribution in [0.3, 0.4) is 0 Å². The van der Waals surface area contributed by atoms with E-state index in [2.05, 4.69) is 15.5 Å². The van der Waals surface area contributed by atoms with Crippen LogP contribution in [0, 0.1) is 0 Å². The minimum Gasteiger partial charge on any atom is -0.396 e. The fourth-order valence-corrected chi connectivity index (χ4v) is 1.43. The number of H-pyrrole nitrogens is 1. The maximum atomic E-state index is 11.5. The molecule has 1 heterocycles. The van der Waals surface area contributed by atoms with E-state index in [-0.39, 0.29) is 12.5 Å². The summed E-state index contributed by atoms with van der Waals surface area (Å²) in [5.41, 5.74) is 1.50. The van der Waals surface area contributed by atoms with E-state index in [9.17, 15) is 4.79 Å². The molecule has 0 radical (unpaired) electrons. The summed E-state index contributed by atoms with van der Waals surface area (Å²) in [4.78, 5) is 11.5. The lowest BCUT2D eigenvalue weighted by Crippen LogP contribution is -2.25. The molecule has 0 aromatic carbocycles. The fraction of sp³-hybridized carbons (Fsp3) is 0.600. The number of carbonyl (C=O) groups excluding carboxylic acids is 1. The van der Waals surface area contributed by atoms with Crippen molar-refractivity contribution in [2.24, 2.45) is 0 Å². The quantitative estimate of drug-likeness (QED) is 0.614. The van der Waals surface area contributed by atoms with E-state index in [4.69, 9.17) is 5.11 Å². The zero-order chi connectivity index (χ0) is 10.7. The summed E-state index contributed by atoms with van der Waals surface area (Å²) in [6.45, 7) is 0.578. The van der Waals surface area contributed by atoms with Gasteiger partial charge >= 0.3 is 0 Å². The smallest absolute Gasteiger partial charge is 0.271 e. The second-order valence-electron chi connectivity index (χ2n) is 3.82. The molecule has 1 aliphatic carbocycles. The highest BCUT2D eigenvalue weighted by Gasteiger charge is 2.26. The van der Waals surface area contributed by atoms with Gasteiger partial charge < -0.3 is 10.4 Å². The SMILES string of the molecule is O=C(NCCCO)c1cc(C2CC2)[nH]n1. The van der Waals surface area contributed by atoms with Gasteiger partial charge in [0, 0.05) is 24.8 Å². The van der Waals surface area contributed by atoms with Gasteiger partial charge in [0.05, 0.1) is 0 Å². The second-order valence-corrected chi connectivity index (χ2v) is 3.82. The molecule has 1 fully saturated rings. The minimum atomic E-state index is -0.174. The molecule has 0 spiro atoms. The maximum Gasteiger partial charge on any atom is 0.271 e. The highest BCUT2D eigenvalue weighted by Crippen LogP contribution is 2.38. The van der Waals surface area contributed by atoms with Crippen molar-refractivity contribution in [1.29, 1.82) is 0 Å². The van der Waals surface area contributed by atoms with Crippen LogP contribution in [0.2, 0.25) is 0 Å². The Balaban J connectivity index is 1.87. The maximum absolute atomic E-state index is 11.5. The molecule has 1 saturated carbocycles. The molecule has 15 heavy (non-hydrogen) atoms. The van der Waals surface area contributed by atoms with Gasteiger partial charge in [0.1, 0.15) is 5.69 Å². The third kappa shape index (κ3) is 2.56. The Morgan fingerprint density at radius 3 is 3.13 bits per heavy atom. The summed E-state index contributed by atoms with van der Waals surface area (Å²) in [6, 6.07) is 1.81. The number of hydrogen-bond acceptors (Lipinski definition) is 3. The van der Waals surface area contributed by atoms with Crippen molar-refractivity contribution in [3.05, 3.63) is 17.5 Å². The first kappa shape index (κ1) is 10.2. The third-order valence-corrected chi connectivity index (χ3v) is 2.47. The first-order valence-corrected chi connectivity index (χ1v) is 5.25. The van der Waals surface area contributed by atoms with Gasteiger partial charge in [0.15, 0.2) is 0 Å². The molecular formula is C10H15N3O2. The number of nitrogens with one attached hydrogen (secondary N) is 2. The lowest BCUT2D eigenvalue weighted by atomic mass is 10.2. The van der Waals surface area contributed by atoms with Gasteiger partial charge in [-0.05, 0) is 25.3 Å². The molecule has 5 nitrogen and oxygen atoms in total. The molecule has 1 amide bonds. The highest BCUT2D eigenvalue weighted by molar-refractivity contribution is 5.92. The molecule has 3 N–H and O–H groups in total. The van der Waals surface area contributed by atoms with Crippen molar-refractivity contribution in [2.75, 3.05) is 13.2 Å². The molecular weight excluding hydrogens is 194 g/mol. The number of hydrogen-bond donors (Lipinski definition) is 3. The van der Waals surface area contributed by atoms with Crippen molar-refractivity contribution < 1.29 is 9.90 Å². The van der Waals surface area contributed by atoms with Gasteiger partial charge in [0.2, 0.25) is 0 Å². The van der Waals surface area contributed by atoms with Crippen LogP contribution < -0.4 is 5.32 Å². The number of aliphatic hydroxyl groups excluding tert-OH is 1. The Hall–Kier alpha value is -1.36. The van der Waals surface area contributed by atoms with Crippen LogP contribution in [-0.4, -0.2) is 34.4 Å². The molecule has 0 aliphatic heterocycles. The van der Waals surface area contributed by atoms with Crippen LogP contribution in [0.15, 0.2) is 6.07 Å². The summed E-state index contributed by atoms with van der Waals surface area (Å²) < 4.78 is 0. The number of aromatic amines is 1. The minimum absolute atomic E-state index is 0.0914. The Kier molecular flexibility index (Phi) is 3.01. The first-order chi connectivity index (χ1) is 7.31. The molecule has 0 bridgehead atoms. The van der Waals surface area contributed by atoms with Crippen molar-refractivity contribution >= 4 is 5.91 Å². The van der Waals surface area contributed by atoms with E-state index >= 15 is 0 Å². The van der Waals surface area contributed by atoms with E-state index in [0.717, 1.165) is 5.69 Å². The van der Waals surface area contributed by atoms with Crippen LogP contribution >= 0.6 is 0 Å². The van der Waals surface area contributed by atoms with Crippen molar-refractivity contribution in [1.82, 2.24) is 15.5 Å². The van der Waals surface area contributed by atoms with Crippen LogP contribution in [0.5, 0.6) is 0 Å². The Bertz CT molecular complexity index is 344. The van der Waals surface area contributed by atoms with Gasteiger partial charge in [-0.3, -0.25) is 9.89 Å². The third-order valence-electron chi connectivity index (χ3n) is 2.47. The Labute approximate surface area is 87.9 Å². The predicted molar refractivity (Wildman–Crippen MR) is 54.6 cm³/mol. The molecule has 0 atom stereocenters. The largest absolute Gasteiger partial charge is 0.396 e. The highest BCUT2D eigenvalue weighted by atomic mass is 16.3. The van der Waals surface area contributed by atoms with Crippen LogP contribution in [0.25, 0.3) is 0 Å². The summed E-state index contributed by atoms with van der Waals surface area (Å²) >= 11 is 0. The lowest BCUT2D eigenvalue weighted by molar-refractivity contribution is 0.0946. The van der Waals surface area contributed by atoms with Gasteiger partial charge in [-0.2, -0.15) is 5.10 Å². The monoisotopic (exact) mass is 209 g/mol. The zero-order valence-electron chi connectivity index (χ0n) is 8.49. The number of amides is 1. The molecule has 82 valence electrons. The molecule has 1 aromatic heterocycles. The van der Waals surface area contributed by atoms with Crippen LogP contribution in [-0.2, 0) is 0 Å². The Morgan fingerprint density at radius 1 is 1.67 bits per heavy atom. The number of aliphatic hydroxyl groups is 1. The van der Waals surface area contributed by atoms with Gasteiger partial charge in [-0.1, -0.05) is 0 Å². The van der Waals surface area contributed by atoms with E-state index in [0.29, 0.717) is 24.6 Å². The normalized spacial score (nSPS) is 15.3. The second kappa shape index (κ2) is 4.44. The van der Waals surface area contributed by atoms with E-state index < -0.39 is 0 Å². The number of rotatable bonds is 5.